The predicted octanol–water partition coefficient (Wildman–Crippen LogP) is 3.07. The van der Waals surface area contributed by atoms with E-state index in [4.69, 9.17) is 9.84 Å². The van der Waals surface area contributed by atoms with Crippen LogP contribution in [0.15, 0.2) is 71.8 Å². The Labute approximate surface area is 149 Å². The van der Waals surface area contributed by atoms with Gasteiger partial charge in [0.25, 0.3) is 5.91 Å². The van der Waals surface area contributed by atoms with E-state index in [-0.39, 0.29) is 12.2 Å². The fourth-order valence-electron chi connectivity index (χ4n) is 2.42. The van der Waals surface area contributed by atoms with Crippen LogP contribution in [0.4, 0.5) is 0 Å². The molecule has 0 saturated heterocycles. The molecule has 130 valence electrons. The van der Waals surface area contributed by atoms with E-state index in [1.54, 1.807) is 24.3 Å². The van der Waals surface area contributed by atoms with Crippen molar-refractivity contribution in [3.05, 3.63) is 77.9 Å². The van der Waals surface area contributed by atoms with Crippen molar-refractivity contribution in [3.63, 3.8) is 0 Å². The van der Waals surface area contributed by atoms with Crippen LogP contribution in [0.25, 0.3) is 10.8 Å². The molecule has 26 heavy (non-hydrogen) atoms. The summed E-state index contributed by atoms with van der Waals surface area (Å²) < 4.78 is 5.46. The van der Waals surface area contributed by atoms with Crippen molar-refractivity contribution in [3.8, 4) is 5.75 Å². The van der Waals surface area contributed by atoms with Gasteiger partial charge in [-0.2, -0.15) is 5.10 Å². The molecule has 0 saturated carbocycles. The highest BCUT2D eigenvalue weighted by atomic mass is 16.5. The van der Waals surface area contributed by atoms with E-state index in [0.29, 0.717) is 11.3 Å². The molecule has 0 fully saturated rings. The third kappa shape index (κ3) is 4.24. The lowest BCUT2D eigenvalue weighted by Gasteiger charge is -2.06. The van der Waals surface area contributed by atoms with Crippen molar-refractivity contribution in [2.75, 3.05) is 6.61 Å². The Morgan fingerprint density at radius 3 is 2.54 bits per heavy atom. The molecule has 1 amide bonds. The highest BCUT2D eigenvalue weighted by molar-refractivity contribution is 5.98. The van der Waals surface area contributed by atoms with Gasteiger partial charge in [0.1, 0.15) is 5.75 Å². The second kappa shape index (κ2) is 7.94. The van der Waals surface area contributed by atoms with Gasteiger partial charge in [0, 0.05) is 5.56 Å². The van der Waals surface area contributed by atoms with Crippen LogP contribution in [0.3, 0.4) is 0 Å². The number of carboxylic acid groups (broad SMARTS) is 1. The zero-order valence-electron chi connectivity index (χ0n) is 13.8. The minimum Gasteiger partial charge on any atom is -0.484 e. The standard InChI is InChI=1S/C20H16N2O4/c23-19(22-21-12-16-7-3-4-8-18(16)20(24)25)13-26-17-10-9-14-5-1-2-6-15(14)11-17/h1-12H,13H2,(H,22,23)(H,24,25). The number of rotatable bonds is 6. The van der Waals surface area contributed by atoms with Crippen molar-refractivity contribution in [2.24, 2.45) is 5.10 Å². The predicted molar refractivity (Wildman–Crippen MR) is 98.6 cm³/mol. The van der Waals surface area contributed by atoms with Gasteiger partial charge < -0.3 is 9.84 Å². The molecular formula is C20H16N2O4. The Morgan fingerprint density at radius 2 is 1.73 bits per heavy atom. The number of benzene rings is 3. The maximum absolute atomic E-state index is 11.8. The fourth-order valence-corrected chi connectivity index (χ4v) is 2.42. The first-order chi connectivity index (χ1) is 12.6. The SMILES string of the molecule is O=C(COc1ccc2ccccc2c1)NN=Cc1ccccc1C(=O)O. The van der Waals surface area contributed by atoms with Crippen molar-refractivity contribution >= 4 is 28.9 Å². The fraction of sp³-hybridized carbons (Fsp3) is 0.0500. The van der Waals surface area contributed by atoms with Gasteiger partial charge in [-0.1, -0.05) is 48.5 Å². The highest BCUT2D eigenvalue weighted by Gasteiger charge is 2.07. The average Bonchev–Trinajstić information content (AvgIpc) is 2.66. The molecule has 3 aromatic carbocycles. The Balaban J connectivity index is 1.56. The third-order valence-corrected chi connectivity index (χ3v) is 3.67. The second-order valence-corrected chi connectivity index (χ2v) is 5.48. The second-order valence-electron chi connectivity index (χ2n) is 5.48. The molecule has 0 atom stereocenters. The molecule has 0 spiro atoms. The molecule has 0 aliphatic rings. The molecule has 6 heteroatoms. The van der Waals surface area contributed by atoms with Crippen LogP contribution in [-0.2, 0) is 4.79 Å². The van der Waals surface area contributed by atoms with Crippen LogP contribution in [-0.4, -0.2) is 29.8 Å². The summed E-state index contributed by atoms with van der Waals surface area (Å²) in [6.07, 6.45) is 1.29. The first-order valence-electron chi connectivity index (χ1n) is 7.89. The van der Waals surface area contributed by atoms with Gasteiger partial charge in [-0.15, -0.1) is 0 Å². The average molecular weight is 348 g/mol. The molecule has 3 aromatic rings. The summed E-state index contributed by atoms with van der Waals surface area (Å²) in [4.78, 5) is 22.9. The summed E-state index contributed by atoms with van der Waals surface area (Å²) in [6.45, 7) is -0.198. The largest absolute Gasteiger partial charge is 0.484 e. The smallest absolute Gasteiger partial charge is 0.336 e. The van der Waals surface area contributed by atoms with Crippen LogP contribution < -0.4 is 10.2 Å². The monoisotopic (exact) mass is 348 g/mol. The highest BCUT2D eigenvalue weighted by Crippen LogP contribution is 2.20. The number of amides is 1. The van der Waals surface area contributed by atoms with Crippen LogP contribution in [0.5, 0.6) is 5.75 Å². The number of hydrazone groups is 1. The molecule has 0 aromatic heterocycles. The molecular weight excluding hydrogens is 332 g/mol. The lowest BCUT2D eigenvalue weighted by Crippen LogP contribution is -2.24. The van der Waals surface area contributed by atoms with Gasteiger partial charge in [0.15, 0.2) is 6.61 Å². The normalized spacial score (nSPS) is 10.8. The number of carbonyl (C=O) groups is 2. The first kappa shape index (κ1) is 17.2. The maximum Gasteiger partial charge on any atom is 0.336 e. The molecule has 6 nitrogen and oxygen atoms in total. The van der Waals surface area contributed by atoms with Gasteiger partial charge in [-0.3, -0.25) is 4.79 Å². The Bertz CT molecular complexity index is 982. The van der Waals surface area contributed by atoms with E-state index < -0.39 is 11.9 Å². The Hall–Kier alpha value is -3.67. The van der Waals surface area contributed by atoms with E-state index in [9.17, 15) is 9.59 Å². The number of hydrogen-bond acceptors (Lipinski definition) is 4. The van der Waals surface area contributed by atoms with Crippen LogP contribution >= 0.6 is 0 Å². The van der Waals surface area contributed by atoms with Crippen molar-refractivity contribution in [2.45, 2.75) is 0 Å². The molecule has 0 radical (unpaired) electrons. The van der Waals surface area contributed by atoms with E-state index in [1.165, 1.54) is 12.3 Å². The lowest BCUT2D eigenvalue weighted by molar-refractivity contribution is -0.123. The summed E-state index contributed by atoms with van der Waals surface area (Å²) in [5.41, 5.74) is 2.83. The molecule has 0 aliphatic heterocycles. The number of hydrogen-bond donors (Lipinski definition) is 2. The molecule has 0 heterocycles. The summed E-state index contributed by atoms with van der Waals surface area (Å²) >= 11 is 0. The van der Waals surface area contributed by atoms with Crippen LogP contribution in [0.2, 0.25) is 0 Å². The number of ether oxygens (including phenoxy) is 1. The number of carbonyl (C=O) groups excluding carboxylic acids is 1. The molecule has 3 rings (SSSR count). The van der Waals surface area contributed by atoms with E-state index in [2.05, 4.69) is 10.5 Å². The van der Waals surface area contributed by atoms with Crippen molar-refractivity contribution < 1.29 is 19.4 Å². The van der Waals surface area contributed by atoms with Crippen molar-refractivity contribution in [1.29, 1.82) is 0 Å². The summed E-state index contributed by atoms with van der Waals surface area (Å²) in [5, 5.41) is 15.0. The number of nitrogens with one attached hydrogen (secondary N) is 1. The molecule has 0 bridgehead atoms. The molecule has 2 N–H and O–H groups in total. The minimum absolute atomic E-state index is 0.109. The molecule has 0 aliphatic carbocycles. The topological polar surface area (TPSA) is 88.0 Å². The number of aromatic carboxylic acids is 1. The maximum atomic E-state index is 11.8. The number of carboxylic acids is 1. The van der Waals surface area contributed by atoms with Crippen LogP contribution in [0.1, 0.15) is 15.9 Å². The van der Waals surface area contributed by atoms with E-state index >= 15 is 0 Å². The number of fused-ring (bicyclic) bond motifs is 1. The first-order valence-corrected chi connectivity index (χ1v) is 7.89. The quantitative estimate of drug-likeness (QED) is 0.529. The van der Waals surface area contributed by atoms with Gasteiger partial charge in [0.2, 0.25) is 0 Å². The minimum atomic E-state index is -1.06. The van der Waals surface area contributed by atoms with E-state index in [0.717, 1.165) is 10.8 Å². The van der Waals surface area contributed by atoms with Gasteiger partial charge >= 0.3 is 5.97 Å². The molecule has 0 unspecified atom stereocenters. The summed E-state index contributed by atoms with van der Waals surface area (Å²) in [7, 11) is 0. The van der Waals surface area contributed by atoms with Gasteiger partial charge in [0.05, 0.1) is 11.8 Å². The Kier molecular flexibility index (Phi) is 5.24. The zero-order chi connectivity index (χ0) is 18.4. The van der Waals surface area contributed by atoms with Crippen LogP contribution in [0, 0.1) is 0 Å². The Morgan fingerprint density at radius 1 is 1.00 bits per heavy atom. The summed E-state index contributed by atoms with van der Waals surface area (Å²) in [6, 6.07) is 19.8. The van der Waals surface area contributed by atoms with Gasteiger partial charge in [-0.05, 0) is 29.0 Å². The zero-order valence-corrected chi connectivity index (χ0v) is 13.8. The lowest BCUT2D eigenvalue weighted by atomic mass is 10.1. The van der Waals surface area contributed by atoms with E-state index in [1.807, 2.05) is 36.4 Å². The van der Waals surface area contributed by atoms with Crippen molar-refractivity contribution in [1.82, 2.24) is 5.43 Å². The van der Waals surface area contributed by atoms with Gasteiger partial charge in [-0.25, -0.2) is 10.2 Å². The third-order valence-electron chi connectivity index (χ3n) is 3.67. The number of nitrogens with zero attached hydrogens (tertiary/aromatic N) is 1. The summed E-state index contributed by atoms with van der Waals surface area (Å²) in [5.74, 6) is -0.917.